The lowest BCUT2D eigenvalue weighted by Crippen LogP contribution is -2.47. The summed E-state index contributed by atoms with van der Waals surface area (Å²) in [7, 11) is 0. The van der Waals surface area contributed by atoms with Gasteiger partial charge in [0.15, 0.2) is 0 Å². The van der Waals surface area contributed by atoms with Crippen LogP contribution in [0.5, 0.6) is 0 Å². The number of nitrogens with two attached hydrogens (primary N) is 1. The highest BCUT2D eigenvalue weighted by molar-refractivity contribution is 7.80. The van der Waals surface area contributed by atoms with E-state index in [1.807, 2.05) is 0 Å². The van der Waals surface area contributed by atoms with Crippen LogP contribution in [-0.4, -0.2) is 34.8 Å². The highest BCUT2D eigenvalue weighted by atomic mass is 32.1. The number of carbonyl (C=O) groups excluding carboxylic acids is 1. The molecule has 0 aliphatic rings. The van der Waals surface area contributed by atoms with E-state index in [1.165, 1.54) is 6.92 Å². The van der Waals surface area contributed by atoms with Crippen molar-refractivity contribution >= 4 is 24.5 Å². The van der Waals surface area contributed by atoms with Gasteiger partial charge in [0.25, 0.3) is 0 Å². The molecule has 1 amide bonds. The van der Waals surface area contributed by atoms with Crippen LogP contribution in [0.15, 0.2) is 0 Å². The van der Waals surface area contributed by atoms with E-state index in [2.05, 4.69) is 17.9 Å². The highest BCUT2D eigenvalue weighted by Crippen LogP contribution is 1.95. The fourth-order valence-electron chi connectivity index (χ4n) is 0.690. The first-order valence-corrected chi connectivity index (χ1v) is 4.52. The number of carboxylic acid groups (broad SMARTS) is 1. The van der Waals surface area contributed by atoms with Crippen LogP contribution in [0.2, 0.25) is 0 Å². The van der Waals surface area contributed by atoms with E-state index in [4.69, 9.17) is 10.8 Å². The Labute approximate surface area is 82.1 Å². The van der Waals surface area contributed by atoms with Gasteiger partial charge in [-0.2, -0.15) is 12.6 Å². The first-order valence-electron chi connectivity index (χ1n) is 3.88. The largest absolute Gasteiger partial charge is 0.480 e. The minimum Gasteiger partial charge on any atom is -0.480 e. The first-order chi connectivity index (χ1) is 5.99. The smallest absolute Gasteiger partial charge is 0.326 e. The third-order valence-electron chi connectivity index (χ3n) is 1.45. The molecule has 13 heavy (non-hydrogen) atoms. The molecule has 0 rings (SSSR count). The molecule has 6 heteroatoms. The zero-order valence-electron chi connectivity index (χ0n) is 7.36. The summed E-state index contributed by atoms with van der Waals surface area (Å²) in [6, 6.07) is -1.59. The molecule has 4 N–H and O–H groups in total. The monoisotopic (exact) mass is 206 g/mol. The zero-order valence-corrected chi connectivity index (χ0v) is 8.25. The van der Waals surface area contributed by atoms with Crippen LogP contribution in [0, 0.1) is 0 Å². The number of aliphatic carboxylic acids is 1. The van der Waals surface area contributed by atoms with E-state index in [1.54, 1.807) is 0 Å². The minimum absolute atomic E-state index is 0.289. The number of carbonyl (C=O) groups is 2. The fourth-order valence-corrected chi connectivity index (χ4v) is 0.948. The van der Waals surface area contributed by atoms with Gasteiger partial charge >= 0.3 is 5.97 Å². The molecule has 0 aromatic heterocycles. The van der Waals surface area contributed by atoms with Gasteiger partial charge in [-0.25, -0.2) is 4.79 Å². The molecule has 0 aliphatic heterocycles. The first kappa shape index (κ1) is 12.2. The predicted octanol–water partition coefficient (Wildman–Crippen LogP) is -0.777. The molecule has 2 atom stereocenters. The summed E-state index contributed by atoms with van der Waals surface area (Å²) in [6.07, 6.45) is 0.289. The number of nitrogens with one attached hydrogen (secondary N) is 1. The number of hydrogen-bond donors (Lipinski definition) is 4. The van der Waals surface area contributed by atoms with Gasteiger partial charge in [-0.05, 0) is 19.1 Å². The van der Waals surface area contributed by atoms with E-state index in [0.717, 1.165) is 0 Å². The Bertz CT molecular complexity index is 196. The Morgan fingerprint density at radius 1 is 1.62 bits per heavy atom. The van der Waals surface area contributed by atoms with Crippen molar-refractivity contribution in [1.29, 1.82) is 0 Å². The van der Waals surface area contributed by atoms with E-state index < -0.39 is 24.0 Å². The molecule has 76 valence electrons. The van der Waals surface area contributed by atoms with Crippen molar-refractivity contribution < 1.29 is 14.7 Å². The standard InChI is InChI=1S/C7H14N2O3S/c1-4(8)6(10)9-5(2-3-13)7(11)12/h4-5,13H,2-3,8H2,1H3,(H,9,10)(H,11,12)/t4-,5-/m0/s1. The Hall–Kier alpha value is -0.750. The molecule has 0 aromatic rings. The molecule has 0 aromatic carbocycles. The number of carboxylic acids is 1. The summed E-state index contributed by atoms with van der Waals surface area (Å²) in [6.45, 7) is 1.49. The molecule has 0 saturated heterocycles. The molecule has 0 saturated carbocycles. The Morgan fingerprint density at radius 2 is 2.15 bits per heavy atom. The van der Waals surface area contributed by atoms with Gasteiger partial charge in [0.2, 0.25) is 5.91 Å². The minimum atomic E-state index is -1.07. The van der Waals surface area contributed by atoms with Gasteiger partial charge in [-0.1, -0.05) is 0 Å². The average Bonchev–Trinajstić information content (AvgIpc) is 2.03. The van der Waals surface area contributed by atoms with E-state index in [9.17, 15) is 9.59 Å². The van der Waals surface area contributed by atoms with E-state index >= 15 is 0 Å². The van der Waals surface area contributed by atoms with Crippen LogP contribution in [-0.2, 0) is 9.59 Å². The van der Waals surface area contributed by atoms with Crippen LogP contribution >= 0.6 is 12.6 Å². The molecule has 0 bridgehead atoms. The molecule has 0 unspecified atom stereocenters. The summed E-state index contributed by atoms with van der Waals surface area (Å²) in [5.41, 5.74) is 5.26. The van der Waals surface area contributed by atoms with Crippen LogP contribution in [0.3, 0.4) is 0 Å². The van der Waals surface area contributed by atoms with Crippen LogP contribution in [0.4, 0.5) is 0 Å². The van der Waals surface area contributed by atoms with Gasteiger partial charge in [-0.15, -0.1) is 0 Å². The maximum atomic E-state index is 11.0. The van der Waals surface area contributed by atoms with Gasteiger partial charge in [0.05, 0.1) is 6.04 Å². The Kier molecular flexibility index (Phi) is 5.48. The SMILES string of the molecule is C[C@H](N)C(=O)N[C@@H](CCS)C(=O)O. The van der Waals surface area contributed by atoms with Crippen molar-refractivity contribution in [3.63, 3.8) is 0 Å². The topological polar surface area (TPSA) is 92.4 Å². The Balaban J connectivity index is 4.10. The molecular weight excluding hydrogens is 192 g/mol. The average molecular weight is 206 g/mol. The fraction of sp³-hybridized carbons (Fsp3) is 0.714. The zero-order chi connectivity index (χ0) is 10.4. The molecule has 0 spiro atoms. The second kappa shape index (κ2) is 5.82. The second-order valence-corrected chi connectivity index (χ2v) is 3.15. The second-order valence-electron chi connectivity index (χ2n) is 2.70. The quantitative estimate of drug-likeness (QED) is 0.444. The number of rotatable bonds is 5. The van der Waals surface area contributed by atoms with E-state index in [-0.39, 0.29) is 6.42 Å². The molecule has 0 fully saturated rings. The molecule has 5 nitrogen and oxygen atoms in total. The lowest BCUT2D eigenvalue weighted by molar-refractivity contribution is -0.142. The summed E-state index contributed by atoms with van der Waals surface area (Å²) in [5, 5.41) is 10.9. The Morgan fingerprint density at radius 3 is 2.46 bits per heavy atom. The molecular formula is C7H14N2O3S. The van der Waals surface area contributed by atoms with Gasteiger partial charge in [0, 0.05) is 0 Å². The van der Waals surface area contributed by atoms with Crippen molar-refractivity contribution in [2.24, 2.45) is 5.73 Å². The van der Waals surface area contributed by atoms with Crippen molar-refractivity contribution in [3.05, 3.63) is 0 Å². The number of amides is 1. The third-order valence-corrected chi connectivity index (χ3v) is 1.70. The van der Waals surface area contributed by atoms with Crippen molar-refractivity contribution in [2.45, 2.75) is 25.4 Å². The molecule has 0 aliphatic carbocycles. The van der Waals surface area contributed by atoms with Crippen molar-refractivity contribution in [1.82, 2.24) is 5.32 Å². The van der Waals surface area contributed by atoms with Crippen molar-refractivity contribution in [3.8, 4) is 0 Å². The summed E-state index contributed by atoms with van der Waals surface area (Å²) < 4.78 is 0. The molecule has 0 heterocycles. The molecule has 0 radical (unpaired) electrons. The third kappa shape index (κ3) is 4.74. The lowest BCUT2D eigenvalue weighted by atomic mass is 10.2. The van der Waals surface area contributed by atoms with E-state index in [0.29, 0.717) is 5.75 Å². The summed E-state index contributed by atoms with van der Waals surface area (Å²) in [5.74, 6) is -1.13. The summed E-state index contributed by atoms with van der Waals surface area (Å²) >= 11 is 3.88. The van der Waals surface area contributed by atoms with Gasteiger partial charge in [-0.3, -0.25) is 4.79 Å². The van der Waals surface area contributed by atoms with Crippen molar-refractivity contribution in [2.75, 3.05) is 5.75 Å². The maximum absolute atomic E-state index is 11.0. The number of hydrogen-bond acceptors (Lipinski definition) is 4. The normalized spacial score (nSPS) is 14.7. The predicted molar refractivity (Wildman–Crippen MR) is 51.7 cm³/mol. The summed E-state index contributed by atoms with van der Waals surface area (Å²) in [4.78, 5) is 21.6. The van der Waals surface area contributed by atoms with Gasteiger partial charge < -0.3 is 16.2 Å². The lowest BCUT2D eigenvalue weighted by Gasteiger charge is -2.14. The highest BCUT2D eigenvalue weighted by Gasteiger charge is 2.20. The number of thiol groups is 1. The maximum Gasteiger partial charge on any atom is 0.326 e. The van der Waals surface area contributed by atoms with Gasteiger partial charge in [0.1, 0.15) is 6.04 Å². The van der Waals surface area contributed by atoms with Crippen LogP contribution < -0.4 is 11.1 Å². The van der Waals surface area contributed by atoms with Crippen LogP contribution in [0.1, 0.15) is 13.3 Å². The van der Waals surface area contributed by atoms with Crippen LogP contribution in [0.25, 0.3) is 0 Å².